The van der Waals surface area contributed by atoms with E-state index < -0.39 is 14.1 Å². The number of ether oxygens (including phenoxy) is 1. The maximum atomic E-state index is 13.4. The Morgan fingerprint density at radius 2 is 1.76 bits per heavy atom. The van der Waals surface area contributed by atoms with E-state index in [9.17, 15) is 14.4 Å². The first-order chi connectivity index (χ1) is 20.1. The molecule has 1 N–H and O–H groups in total. The smallest absolute Gasteiger partial charge is 0.255 e. The molecule has 2 aromatic carbocycles. The van der Waals surface area contributed by atoms with Crippen molar-refractivity contribution in [3.63, 3.8) is 0 Å². The number of carbonyl (C=O) groups is 3. The second-order valence-corrected chi connectivity index (χ2v) is 19.3. The van der Waals surface area contributed by atoms with Crippen LogP contribution in [0.2, 0.25) is 25.7 Å². The first kappa shape index (κ1) is 30.6. The minimum absolute atomic E-state index is 0.0305. The van der Waals surface area contributed by atoms with Gasteiger partial charge in [0, 0.05) is 45.3 Å². The van der Waals surface area contributed by atoms with Crippen LogP contribution in [0, 0.1) is 5.92 Å². The van der Waals surface area contributed by atoms with E-state index in [2.05, 4.69) is 74.3 Å². The number of nitrogens with zero attached hydrogens (tertiary/aromatic N) is 2. The molecule has 8 heteroatoms. The topological polar surface area (TPSA) is 79.0 Å². The van der Waals surface area contributed by atoms with Gasteiger partial charge in [0.2, 0.25) is 5.91 Å². The Morgan fingerprint density at radius 1 is 1.00 bits per heavy atom. The first-order valence-corrected chi connectivity index (χ1v) is 19.5. The minimum Gasteiger partial charge on any atom is -0.361 e. The predicted octanol–water partition coefficient (Wildman–Crippen LogP) is 5.92. The summed E-state index contributed by atoms with van der Waals surface area (Å²) < 4.78 is 5.75. The molecule has 1 saturated carbocycles. The van der Waals surface area contributed by atoms with Crippen LogP contribution in [0.1, 0.15) is 78.5 Å². The normalized spacial score (nSPS) is 23.8. The van der Waals surface area contributed by atoms with Gasteiger partial charge in [-0.05, 0) is 67.3 Å². The summed E-state index contributed by atoms with van der Waals surface area (Å²) in [6.07, 6.45) is 6.46. The van der Waals surface area contributed by atoms with Gasteiger partial charge in [-0.3, -0.25) is 19.3 Å². The van der Waals surface area contributed by atoms with Gasteiger partial charge < -0.3 is 15.0 Å². The molecule has 0 radical (unpaired) electrons. The van der Waals surface area contributed by atoms with Crippen LogP contribution in [-0.2, 0) is 27.3 Å². The number of likely N-dealkylation sites (tertiary alicyclic amines) is 1. The lowest BCUT2D eigenvalue weighted by atomic mass is 9.80. The Bertz CT molecular complexity index is 1280. The number of imide groups is 1. The van der Waals surface area contributed by atoms with Gasteiger partial charge in [-0.15, -0.1) is 0 Å². The molecule has 2 fully saturated rings. The number of nitrogens with one attached hydrogen (secondary N) is 1. The second kappa shape index (κ2) is 13.2. The SMILES string of the molecule is C[C@H](N[C@H]1CCCC[C@@H]1Cc1ccc2c(c1)CN(C1CCC(=O)N(COCC[Si](C)(C)C)C1=O)C2=O)c1ccccc1. The number of piperidine rings is 1. The average molecular weight is 590 g/mol. The molecule has 4 atom stereocenters. The average Bonchev–Trinajstić information content (AvgIpc) is 3.28. The van der Waals surface area contributed by atoms with E-state index in [0.29, 0.717) is 43.1 Å². The zero-order chi connectivity index (χ0) is 29.9. The molecule has 7 nitrogen and oxygen atoms in total. The van der Waals surface area contributed by atoms with Crippen LogP contribution in [0.4, 0.5) is 0 Å². The van der Waals surface area contributed by atoms with E-state index in [1.54, 1.807) is 4.90 Å². The van der Waals surface area contributed by atoms with Crippen molar-refractivity contribution >= 4 is 25.8 Å². The van der Waals surface area contributed by atoms with Gasteiger partial charge in [0.25, 0.3) is 11.8 Å². The van der Waals surface area contributed by atoms with E-state index in [1.165, 1.54) is 41.7 Å². The van der Waals surface area contributed by atoms with Crippen LogP contribution >= 0.6 is 0 Å². The number of benzene rings is 2. The highest BCUT2D eigenvalue weighted by molar-refractivity contribution is 6.76. The van der Waals surface area contributed by atoms with Gasteiger partial charge in [-0.2, -0.15) is 0 Å². The van der Waals surface area contributed by atoms with Gasteiger partial charge in [-0.25, -0.2) is 0 Å². The molecule has 2 heterocycles. The first-order valence-electron chi connectivity index (χ1n) is 15.8. The number of fused-ring (bicyclic) bond motifs is 1. The standard InChI is InChI=1S/C34H47N3O4Si/c1-24(26-10-6-5-7-11-26)35-30-13-9-8-12-27(30)20-25-14-15-29-28(21-25)22-36(33(29)39)31-16-17-32(38)37(34(31)40)23-41-18-19-42(2,3)4/h5-7,10-11,14-15,21,24,27,30-31,35H,8-9,12-13,16-20,22-23H2,1-4H3/t24-,27+,30-,31?/m0/s1. The third kappa shape index (κ3) is 7.21. The number of hydrogen-bond donors (Lipinski definition) is 1. The number of amides is 3. The highest BCUT2D eigenvalue weighted by Crippen LogP contribution is 2.33. The zero-order valence-electron chi connectivity index (χ0n) is 25.7. The fourth-order valence-electron chi connectivity index (χ4n) is 6.69. The Hall–Kier alpha value is -2.81. The molecule has 0 aromatic heterocycles. The van der Waals surface area contributed by atoms with Crippen molar-refractivity contribution in [3.05, 3.63) is 70.8 Å². The summed E-state index contributed by atoms with van der Waals surface area (Å²) in [5.41, 5.74) is 4.22. The highest BCUT2D eigenvalue weighted by atomic mass is 28.3. The van der Waals surface area contributed by atoms with Crippen molar-refractivity contribution in [1.82, 2.24) is 15.1 Å². The summed E-state index contributed by atoms with van der Waals surface area (Å²) in [5, 5.41) is 3.91. The molecule has 3 amide bonds. The predicted molar refractivity (Wildman–Crippen MR) is 168 cm³/mol. The van der Waals surface area contributed by atoms with Crippen LogP contribution in [0.5, 0.6) is 0 Å². The summed E-state index contributed by atoms with van der Waals surface area (Å²) in [4.78, 5) is 42.3. The lowest BCUT2D eigenvalue weighted by Gasteiger charge is -2.35. The van der Waals surface area contributed by atoms with E-state index >= 15 is 0 Å². The van der Waals surface area contributed by atoms with Crippen LogP contribution in [-0.4, -0.2) is 61.0 Å². The van der Waals surface area contributed by atoms with Gasteiger partial charge in [0.1, 0.15) is 12.8 Å². The van der Waals surface area contributed by atoms with Gasteiger partial charge in [0.05, 0.1) is 0 Å². The largest absolute Gasteiger partial charge is 0.361 e. The van der Waals surface area contributed by atoms with Gasteiger partial charge in [-0.1, -0.05) is 74.9 Å². The molecule has 5 rings (SSSR count). The molecule has 2 aliphatic heterocycles. The summed E-state index contributed by atoms with van der Waals surface area (Å²) in [6, 6.07) is 17.9. The molecule has 1 unspecified atom stereocenters. The quantitative estimate of drug-likeness (QED) is 0.200. The Labute approximate surface area is 252 Å². The van der Waals surface area contributed by atoms with Gasteiger partial charge in [0.15, 0.2) is 0 Å². The molecule has 3 aliphatic rings. The summed E-state index contributed by atoms with van der Waals surface area (Å²) in [6.45, 7) is 9.97. The highest BCUT2D eigenvalue weighted by Gasteiger charge is 2.43. The third-order valence-corrected chi connectivity index (χ3v) is 11.0. The molecule has 0 spiro atoms. The van der Waals surface area contributed by atoms with Crippen LogP contribution in [0.25, 0.3) is 0 Å². The Morgan fingerprint density at radius 3 is 2.52 bits per heavy atom. The van der Waals surface area contributed by atoms with Crippen molar-refractivity contribution < 1.29 is 19.1 Å². The number of rotatable bonds is 11. The van der Waals surface area contributed by atoms with Crippen LogP contribution < -0.4 is 5.32 Å². The summed E-state index contributed by atoms with van der Waals surface area (Å²) >= 11 is 0. The van der Waals surface area contributed by atoms with E-state index in [-0.39, 0.29) is 30.9 Å². The number of carbonyl (C=O) groups excluding carboxylic acids is 3. The molecular weight excluding hydrogens is 542 g/mol. The van der Waals surface area contributed by atoms with E-state index in [0.717, 1.165) is 18.0 Å². The maximum Gasteiger partial charge on any atom is 0.255 e. The monoisotopic (exact) mass is 589 g/mol. The van der Waals surface area contributed by atoms with E-state index in [1.807, 2.05) is 6.07 Å². The summed E-state index contributed by atoms with van der Waals surface area (Å²) in [5.74, 6) is -0.105. The lowest BCUT2D eigenvalue weighted by Crippen LogP contribution is -2.55. The lowest BCUT2D eigenvalue weighted by molar-refractivity contribution is -0.158. The summed E-state index contributed by atoms with van der Waals surface area (Å²) in [7, 11) is -1.27. The fraction of sp³-hybridized carbons (Fsp3) is 0.559. The van der Waals surface area contributed by atoms with Crippen molar-refractivity contribution in [2.45, 2.75) is 102 Å². The van der Waals surface area contributed by atoms with Crippen molar-refractivity contribution in [2.75, 3.05) is 13.3 Å². The van der Waals surface area contributed by atoms with Crippen LogP contribution in [0.3, 0.4) is 0 Å². The van der Waals surface area contributed by atoms with E-state index in [4.69, 9.17) is 4.74 Å². The second-order valence-electron chi connectivity index (χ2n) is 13.6. The van der Waals surface area contributed by atoms with Crippen LogP contribution in [0.15, 0.2) is 48.5 Å². The molecule has 2 aromatic rings. The molecule has 0 bridgehead atoms. The fourth-order valence-corrected chi connectivity index (χ4v) is 7.45. The molecule has 1 saturated heterocycles. The molecular formula is C34H47N3O4Si. The Kier molecular flexibility index (Phi) is 9.65. The van der Waals surface area contributed by atoms with Crippen molar-refractivity contribution in [3.8, 4) is 0 Å². The minimum atomic E-state index is -1.27. The maximum absolute atomic E-state index is 13.4. The van der Waals surface area contributed by atoms with Gasteiger partial charge >= 0.3 is 0 Å². The third-order valence-electron chi connectivity index (χ3n) is 9.25. The van der Waals surface area contributed by atoms with Crippen molar-refractivity contribution in [1.29, 1.82) is 0 Å². The molecule has 42 heavy (non-hydrogen) atoms. The van der Waals surface area contributed by atoms with Crippen molar-refractivity contribution in [2.24, 2.45) is 5.92 Å². The molecule has 1 aliphatic carbocycles. The zero-order valence-corrected chi connectivity index (χ0v) is 26.7. The Balaban J connectivity index is 1.22. The number of hydrogen-bond acceptors (Lipinski definition) is 5. The molecule has 226 valence electrons.